The lowest BCUT2D eigenvalue weighted by Crippen LogP contribution is -2.47. The van der Waals surface area contributed by atoms with E-state index < -0.39 is 0 Å². The first-order valence-electron chi connectivity index (χ1n) is 6.04. The fraction of sp³-hybridized carbons (Fsp3) is 0.917. The highest BCUT2D eigenvalue weighted by Gasteiger charge is 2.25. The van der Waals surface area contributed by atoms with Gasteiger partial charge in [-0.05, 0) is 32.6 Å². The van der Waals surface area contributed by atoms with Crippen LogP contribution in [0.25, 0.3) is 0 Å². The van der Waals surface area contributed by atoms with Gasteiger partial charge in [0.2, 0.25) is 0 Å². The highest BCUT2D eigenvalue weighted by molar-refractivity contribution is 5.74. The maximum atomic E-state index is 11.8. The summed E-state index contributed by atoms with van der Waals surface area (Å²) in [4.78, 5) is 13.7. The minimum absolute atomic E-state index is 0.0732. The monoisotopic (exact) mass is 212 g/mol. The van der Waals surface area contributed by atoms with Crippen LogP contribution in [0.2, 0.25) is 0 Å². The number of rotatable bonds is 2. The summed E-state index contributed by atoms with van der Waals surface area (Å²) >= 11 is 0. The lowest BCUT2D eigenvalue weighted by atomic mass is 9.86. The molecule has 1 aliphatic rings. The smallest absolute Gasteiger partial charge is 0.317 e. The molecular weight excluding hydrogens is 188 g/mol. The molecule has 1 fully saturated rings. The average molecular weight is 212 g/mol. The van der Waals surface area contributed by atoms with E-state index in [2.05, 4.69) is 12.2 Å². The molecule has 0 radical (unpaired) electrons. The zero-order chi connectivity index (χ0) is 11.4. The van der Waals surface area contributed by atoms with Gasteiger partial charge in [-0.15, -0.1) is 0 Å². The van der Waals surface area contributed by atoms with E-state index >= 15 is 0 Å². The van der Waals surface area contributed by atoms with Gasteiger partial charge < -0.3 is 10.2 Å². The van der Waals surface area contributed by atoms with E-state index in [1.54, 1.807) is 0 Å². The van der Waals surface area contributed by atoms with Crippen molar-refractivity contribution < 1.29 is 4.79 Å². The highest BCUT2D eigenvalue weighted by Crippen LogP contribution is 2.26. The lowest BCUT2D eigenvalue weighted by molar-refractivity contribution is 0.158. The number of carbonyl (C=O) groups excluding carboxylic acids is 1. The molecule has 0 saturated heterocycles. The Kier molecular flexibility index (Phi) is 4.43. The molecule has 2 amide bonds. The molecule has 1 rings (SSSR count). The standard InChI is InChI=1S/C12H24N2O/c1-9(2)13-12(15)14(4)11-7-5-6-10(3)8-11/h9-11H,5-8H2,1-4H3,(H,13,15). The minimum atomic E-state index is 0.0732. The van der Waals surface area contributed by atoms with E-state index in [9.17, 15) is 4.79 Å². The van der Waals surface area contributed by atoms with E-state index in [1.165, 1.54) is 12.8 Å². The van der Waals surface area contributed by atoms with Crippen LogP contribution in [0.1, 0.15) is 46.5 Å². The molecule has 0 heterocycles. The first kappa shape index (κ1) is 12.3. The molecule has 1 N–H and O–H groups in total. The summed E-state index contributed by atoms with van der Waals surface area (Å²) in [6.07, 6.45) is 4.88. The van der Waals surface area contributed by atoms with Crippen LogP contribution in [-0.4, -0.2) is 30.1 Å². The Morgan fingerprint density at radius 1 is 1.40 bits per heavy atom. The average Bonchev–Trinajstić information content (AvgIpc) is 2.15. The van der Waals surface area contributed by atoms with E-state index in [-0.39, 0.29) is 12.1 Å². The Balaban J connectivity index is 2.44. The van der Waals surface area contributed by atoms with E-state index in [4.69, 9.17) is 0 Å². The molecule has 0 bridgehead atoms. The molecule has 0 aromatic heterocycles. The van der Waals surface area contributed by atoms with Gasteiger partial charge in [0, 0.05) is 19.1 Å². The van der Waals surface area contributed by atoms with Crippen molar-refractivity contribution in [3.63, 3.8) is 0 Å². The minimum Gasteiger partial charge on any atom is -0.336 e. The molecule has 0 aromatic carbocycles. The van der Waals surface area contributed by atoms with Gasteiger partial charge in [0.1, 0.15) is 0 Å². The van der Waals surface area contributed by atoms with Gasteiger partial charge in [-0.1, -0.05) is 19.8 Å². The number of carbonyl (C=O) groups is 1. The van der Waals surface area contributed by atoms with Crippen molar-refractivity contribution in [1.82, 2.24) is 10.2 Å². The highest BCUT2D eigenvalue weighted by atomic mass is 16.2. The van der Waals surface area contributed by atoms with Crippen molar-refractivity contribution in [2.75, 3.05) is 7.05 Å². The second-order valence-corrected chi connectivity index (χ2v) is 5.14. The number of amides is 2. The van der Waals surface area contributed by atoms with Gasteiger partial charge >= 0.3 is 6.03 Å². The molecule has 0 aromatic rings. The van der Waals surface area contributed by atoms with Gasteiger partial charge in [0.05, 0.1) is 0 Å². The molecule has 0 aliphatic heterocycles. The van der Waals surface area contributed by atoms with E-state index in [1.807, 2.05) is 25.8 Å². The third kappa shape index (κ3) is 3.73. The van der Waals surface area contributed by atoms with Crippen LogP contribution in [0.4, 0.5) is 4.79 Å². The van der Waals surface area contributed by atoms with Gasteiger partial charge in [-0.25, -0.2) is 4.79 Å². The number of hydrogen-bond acceptors (Lipinski definition) is 1. The maximum absolute atomic E-state index is 11.8. The molecule has 2 unspecified atom stereocenters. The summed E-state index contributed by atoms with van der Waals surface area (Å²) in [7, 11) is 1.92. The van der Waals surface area contributed by atoms with Gasteiger partial charge in [0.25, 0.3) is 0 Å². The third-order valence-electron chi connectivity index (χ3n) is 3.19. The van der Waals surface area contributed by atoms with E-state index in [0.29, 0.717) is 6.04 Å². The lowest BCUT2D eigenvalue weighted by Gasteiger charge is -2.34. The molecule has 3 heteroatoms. The Morgan fingerprint density at radius 3 is 2.60 bits per heavy atom. The molecular formula is C12H24N2O. The number of nitrogens with one attached hydrogen (secondary N) is 1. The van der Waals surface area contributed by atoms with Gasteiger partial charge in [-0.2, -0.15) is 0 Å². The fourth-order valence-electron chi connectivity index (χ4n) is 2.27. The van der Waals surface area contributed by atoms with Crippen molar-refractivity contribution in [3.05, 3.63) is 0 Å². The Bertz CT molecular complexity index is 216. The zero-order valence-corrected chi connectivity index (χ0v) is 10.4. The molecule has 1 saturated carbocycles. The Labute approximate surface area is 93.2 Å². The van der Waals surface area contributed by atoms with Crippen LogP contribution in [0, 0.1) is 5.92 Å². The number of urea groups is 1. The van der Waals surface area contributed by atoms with Crippen molar-refractivity contribution in [1.29, 1.82) is 0 Å². The van der Waals surface area contributed by atoms with Crippen LogP contribution in [-0.2, 0) is 0 Å². The van der Waals surface area contributed by atoms with Crippen LogP contribution in [0.15, 0.2) is 0 Å². The summed E-state index contributed by atoms with van der Waals surface area (Å²) in [5, 5.41) is 2.94. The summed E-state index contributed by atoms with van der Waals surface area (Å²) in [5.74, 6) is 0.762. The second-order valence-electron chi connectivity index (χ2n) is 5.14. The predicted molar refractivity (Wildman–Crippen MR) is 62.9 cm³/mol. The SMILES string of the molecule is CC1CCCC(N(C)C(=O)NC(C)C)C1. The quantitative estimate of drug-likeness (QED) is 0.749. The first-order valence-corrected chi connectivity index (χ1v) is 6.04. The number of hydrogen-bond donors (Lipinski definition) is 1. The fourth-order valence-corrected chi connectivity index (χ4v) is 2.27. The van der Waals surface area contributed by atoms with Crippen molar-refractivity contribution >= 4 is 6.03 Å². The molecule has 88 valence electrons. The van der Waals surface area contributed by atoms with Crippen LogP contribution >= 0.6 is 0 Å². The summed E-state index contributed by atoms with van der Waals surface area (Å²) < 4.78 is 0. The van der Waals surface area contributed by atoms with Crippen molar-refractivity contribution in [2.45, 2.75) is 58.5 Å². The topological polar surface area (TPSA) is 32.3 Å². The number of nitrogens with zero attached hydrogens (tertiary/aromatic N) is 1. The molecule has 1 aliphatic carbocycles. The first-order chi connectivity index (χ1) is 7.00. The van der Waals surface area contributed by atoms with Crippen LogP contribution < -0.4 is 5.32 Å². The normalized spacial score (nSPS) is 26.5. The molecule has 3 nitrogen and oxygen atoms in total. The van der Waals surface area contributed by atoms with E-state index in [0.717, 1.165) is 18.8 Å². The van der Waals surface area contributed by atoms with Crippen LogP contribution in [0.5, 0.6) is 0 Å². The maximum Gasteiger partial charge on any atom is 0.317 e. The Hall–Kier alpha value is -0.730. The van der Waals surface area contributed by atoms with Crippen molar-refractivity contribution in [2.24, 2.45) is 5.92 Å². The van der Waals surface area contributed by atoms with Gasteiger partial charge in [0.15, 0.2) is 0 Å². The zero-order valence-electron chi connectivity index (χ0n) is 10.4. The summed E-state index contributed by atoms with van der Waals surface area (Å²) in [6.45, 7) is 6.27. The predicted octanol–water partition coefficient (Wildman–Crippen LogP) is 2.61. The summed E-state index contributed by atoms with van der Waals surface area (Å²) in [6, 6.07) is 0.734. The van der Waals surface area contributed by atoms with Crippen molar-refractivity contribution in [3.8, 4) is 0 Å². The second kappa shape index (κ2) is 5.38. The van der Waals surface area contributed by atoms with Gasteiger partial charge in [-0.3, -0.25) is 0 Å². The Morgan fingerprint density at radius 2 is 2.07 bits per heavy atom. The summed E-state index contributed by atoms with van der Waals surface area (Å²) in [5.41, 5.74) is 0. The molecule has 15 heavy (non-hydrogen) atoms. The third-order valence-corrected chi connectivity index (χ3v) is 3.19. The molecule has 0 spiro atoms. The largest absolute Gasteiger partial charge is 0.336 e. The van der Waals surface area contributed by atoms with Crippen LogP contribution in [0.3, 0.4) is 0 Å². The molecule has 2 atom stereocenters.